The van der Waals surface area contributed by atoms with Gasteiger partial charge in [0, 0.05) is 55.3 Å². The minimum atomic E-state index is -0.185. The predicted molar refractivity (Wildman–Crippen MR) is 113 cm³/mol. The highest BCUT2D eigenvalue weighted by atomic mass is 32.1. The first-order valence-electron chi connectivity index (χ1n) is 9.21. The highest BCUT2D eigenvalue weighted by Gasteiger charge is 2.14. The Labute approximate surface area is 166 Å². The average molecular weight is 398 g/mol. The van der Waals surface area contributed by atoms with Crippen LogP contribution < -0.4 is 16.2 Å². The molecule has 1 saturated heterocycles. The van der Waals surface area contributed by atoms with E-state index < -0.39 is 0 Å². The summed E-state index contributed by atoms with van der Waals surface area (Å²) >= 11 is 1.52. The summed E-state index contributed by atoms with van der Waals surface area (Å²) in [6, 6.07) is 0. The Hall–Kier alpha value is -2.62. The van der Waals surface area contributed by atoms with Gasteiger partial charge in [-0.2, -0.15) is 4.98 Å². The second-order valence-corrected chi connectivity index (χ2v) is 7.84. The second kappa shape index (κ2) is 7.78. The number of nitrogens with one attached hydrogen (secondary N) is 3. The van der Waals surface area contributed by atoms with Crippen molar-refractivity contribution in [1.29, 1.82) is 0 Å². The van der Waals surface area contributed by atoms with Crippen molar-refractivity contribution in [2.75, 3.05) is 31.5 Å². The summed E-state index contributed by atoms with van der Waals surface area (Å²) in [6.07, 6.45) is 1.72. The molecule has 1 fully saturated rings. The third-order valence-corrected chi connectivity index (χ3v) is 5.63. The summed E-state index contributed by atoms with van der Waals surface area (Å²) in [6.45, 7) is 12.5. The summed E-state index contributed by atoms with van der Waals surface area (Å²) in [5.74, 6) is 0.411. The van der Waals surface area contributed by atoms with Crippen molar-refractivity contribution in [3.8, 4) is 0 Å². The van der Waals surface area contributed by atoms with Crippen LogP contribution in [0.5, 0.6) is 0 Å². The number of aromatic nitrogens is 4. The molecule has 1 aliphatic rings. The van der Waals surface area contributed by atoms with E-state index in [9.17, 15) is 4.79 Å². The van der Waals surface area contributed by atoms with Crippen LogP contribution in [0.2, 0.25) is 0 Å². The second-order valence-electron chi connectivity index (χ2n) is 6.99. The number of aromatic amines is 1. The number of allylic oxidation sites excluding steroid dienone is 1. The smallest absolute Gasteiger partial charge is 0.257 e. The molecule has 4 rings (SSSR count). The summed E-state index contributed by atoms with van der Waals surface area (Å²) in [5.41, 5.74) is 3.50. The van der Waals surface area contributed by atoms with Gasteiger partial charge in [-0.3, -0.25) is 15.0 Å². The molecule has 3 aromatic heterocycles. The lowest BCUT2D eigenvalue weighted by Gasteiger charge is -2.26. The summed E-state index contributed by atoms with van der Waals surface area (Å²) in [5, 5.41) is 10.1. The van der Waals surface area contributed by atoms with Gasteiger partial charge in [-0.1, -0.05) is 6.58 Å². The van der Waals surface area contributed by atoms with Gasteiger partial charge in [0.15, 0.2) is 5.13 Å². The van der Waals surface area contributed by atoms with Crippen molar-refractivity contribution in [3.63, 3.8) is 0 Å². The molecule has 8 nitrogen and oxygen atoms in total. The molecule has 3 aromatic rings. The van der Waals surface area contributed by atoms with Gasteiger partial charge in [0.25, 0.3) is 5.56 Å². The van der Waals surface area contributed by atoms with Gasteiger partial charge in [0.1, 0.15) is 5.65 Å². The van der Waals surface area contributed by atoms with Crippen LogP contribution in [0.1, 0.15) is 23.7 Å². The third kappa shape index (κ3) is 3.82. The highest BCUT2D eigenvalue weighted by molar-refractivity contribution is 7.13. The molecule has 1 aliphatic heterocycles. The number of anilines is 2. The lowest BCUT2D eigenvalue weighted by Crippen LogP contribution is -2.42. The normalized spacial score (nSPS) is 15.1. The van der Waals surface area contributed by atoms with Gasteiger partial charge < -0.3 is 10.3 Å². The quantitative estimate of drug-likeness (QED) is 0.607. The molecule has 3 N–H and O–H groups in total. The number of fused-ring (bicyclic) bond motifs is 1. The first kappa shape index (κ1) is 18.7. The fourth-order valence-corrected chi connectivity index (χ4v) is 4.13. The standard InChI is InChI=1S/C19H23N7OS/c1-11(2)15-12(3)14-8-21-18(24-16(14)23-17(15)27)25-19-22-13(10-28-19)9-26-6-4-20-5-7-26/h8,10,20H,1,4-7,9H2,2-3H3,(H2,21,22,23,24,25,27). The van der Waals surface area contributed by atoms with Crippen molar-refractivity contribution in [2.24, 2.45) is 0 Å². The monoisotopic (exact) mass is 397 g/mol. The van der Waals surface area contributed by atoms with E-state index >= 15 is 0 Å². The summed E-state index contributed by atoms with van der Waals surface area (Å²) in [4.78, 5) is 31.0. The van der Waals surface area contributed by atoms with Crippen LogP contribution in [0.15, 0.2) is 23.0 Å². The molecule has 4 heterocycles. The molecule has 0 unspecified atom stereocenters. The number of piperazine rings is 1. The molecule has 0 saturated carbocycles. The zero-order valence-electron chi connectivity index (χ0n) is 16.0. The lowest BCUT2D eigenvalue weighted by molar-refractivity contribution is 0.231. The molecule has 9 heteroatoms. The zero-order chi connectivity index (χ0) is 19.7. The van der Waals surface area contributed by atoms with Gasteiger partial charge in [0.2, 0.25) is 5.95 Å². The fourth-order valence-electron chi connectivity index (χ4n) is 3.43. The number of hydrogen-bond donors (Lipinski definition) is 3. The van der Waals surface area contributed by atoms with Crippen LogP contribution in [-0.2, 0) is 6.54 Å². The van der Waals surface area contributed by atoms with Gasteiger partial charge in [0.05, 0.1) is 5.69 Å². The Balaban J connectivity index is 1.54. The zero-order valence-corrected chi connectivity index (χ0v) is 16.8. The number of pyridine rings is 1. The van der Waals surface area contributed by atoms with E-state index in [1.54, 1.807) is 6.20 Å². The first-order valence-corrected chi connectivity index (χ1v) is 10.1. The van der Waals surface area contributed by atoms with E-state index in [1.807, 2.05) is 13.8 Å². The number of hydrogen-bond acceptors (Lipinski definition) is 8. The number of H-pyrrole nitrogens is 1. The van der Waals surface area contributed by atoms with E-state index in [2.05, 4.69) is 47.4 Å². The lowest BCUT2D eigenvalue weighted by atomic mass is 10.0. The molecular formula is C19H23N7OS. The Morgan fingerprint density at radius 3 is 2.89 bits per heavy atom. The van der Waals surface area contributed by atoms with E-state index in [-0.39, 0.29) is 5.56 Å². The minimum absolute atomic E-state index is 0.185. The number of rotatable bonds is 5. The largest absolute Gasteiger partial charge is 0.314 e. The molecule has 0 atom stereocenters. The Kier molecular flexibility index (Phi) is 5.21. The molecule has 0 aliphatic carbocycles. The van der Waals surface area contributed by atoms with Gasteiger partial charge >= 0.3 is 0 Å². The van der Waals surface area contributed by atoms with Gasteiger partial charge in [-0.05, 0) is 25.0 Å². The molecule has 28 heavy (non-hydrogen) atoms. The van der Waals surface area contributed by atoms with Crippen molar-refractivity contribution in [1.82, 2.24) is 30.2 Å². The van der Waals surface area contributed by atoms with E-state index in [4.69, 9.17) is 0 Å². The van der Waals surface area contributed by atoms with Crippen LogP contribution >= 0.6 is 11.3 Å². The third-order valence-electron chi connectivity index (χ3n) is 4.82. The number of thiazole rings is 1. The molecular weight excluding hydrogens is 374 g/mol. The Bertz CT molecular complexity index is 1080. The Morgan fingerprint density at radius 2 is 2.14 bits per heavy atom. The van der Waals surface area contributed by atoms with E-state index in [0.717, 1.165) is 60.1 Å². The van der Waals surface area contributed by atoms with E-state index in [0.29, 0.717) is 17.2 Å². The van der Waals surface area contributed by atoms with Crippen molar-refractivity contribution < 1.29 is 0 Å². The minimum Gasteiger partial charge on any atom is -0.314 e. The highest BCUT2D eigenvalue weighted by Crippen LogP contribution is 2.23. The Morgan fingerprint density at radius 1 is 1.36 bits per heavy atom. The summed E-state index contributed by atoms with van der Waals surface area (Å²) < 4.78 is 0. The molecule has 0 radical (unpaired) electrons. The molecule has 0 amide bonds. The predicted octanol–water partition coefficient (Wildman–Crippen LogP) is 2.26. The molecule has 0 bridgehead atoms. The van der Waals surface area contributed by atoms with Crippen LogP contribution in [0, 0.1) is 6.92 Å². The molecule has 0 aromatic carbocycles. The average Bonchev–Trinajstić information content (AvgIpc) is 3.08. The molecule has 146 valence electrons. The SMILES string of the molecule is C=C(C)c1c(C)c2cnc(Nc3nc(CN4CCNCC4)cs3)nc2[nH]c1=O. The summed E-state index contributed by atoms with van der Waals surface area (Å²) in [7, 11) is 0. The number of nitrogens with zero attached hydrogens (tertiary/aromatic N) is 4. The topological polar surface area (TPSA) is 98.8 Å². The van der Waals surface area contributed by atoms with Crippen molar-refractivity contribution in [3.05, 3.63) is 45.3 Å². The first-order chi connectivity index (χ1) is 13.5. The maximum atomic E-state index is 12.3. The molecule has 0 spiro atoms. The van der Waals surface area contributed by atoms with Gasteiger partial charge in [-0.15, -0.1) is 11.3 Å². The number of aryl methyl sites for hydroxylation is 1. The van der Waals surface area contributed by atoms with Crippen LogP contribution in [-0.4, -0.2) is 51.0 Å². The van der Waals surface area contributed by atoms with Gasteiger partial charge in [-0.25, -0.2) is 9.97 Å². The van der Waals surface area contributed by atoms with Crippen LogP contribution in [0.3, 0.4) is 0 Å². The van der Waals surface area contributed by atoms with Crippen molar-refractivity contribution in [2.45, 2.75) is 20.4 Å². The van der Waals surface area contributed by atoms with Crippen LogP contribution in [0.4, 0.5) is 11.1 Å². The van der Waals surface area contributed by atoms with Crippen LogP contribution in [0.25, 0.3) is 16.6 Å². The fraction of sp³-hybridized carbons (Fsp3) is 0.368. The van der Waals surface area contributed by atoms with E-state index in [1.165, 1.54) is 11.3 Å². The maximum Gasteiger partial charge on any atom is 0.257 e. The van der Waals surface area contributed by atoms with Crippen molar-refractivity contribution >= 4 is 39.0 Å². The maximum absolute atomic E-state index is 12.3.